The van der Waals surface area contributed by atoms with Crippen molar-refractivity contribution in [3.63, 3.8) is 0 Å². The van der Waals surface area contributed by atoms with Gasteiger partial charge in [-0.15, -0.1) is 0 Å². The fourth-order valence-electron chi connectivity index (χ4n) is 3.72. The number of carbonyl (C=O) groups excluding carboxylic acids is 1. The molecule has 1 amide bonds. The Morgan fingerprint density at radius 3 is 2.37 bits per heavy atom. The molecule has 3 aromatic carbocycles. The summed E-state index contributed by atoms with van der Waals surface area (Å²) in [6.07, 6.45) is 1.60. The van der Waals surface area contributed by atoms with Gasteiger partial charge in [-0.1, -0.05) is 47.5 Å². The smallest absolute Gasteiger partial charge is 0.235 e. The minimum Gasteiger partial charge on any atom is -0.494 e. The van der Waals surface area contributed by atoms with Gasteiger partial charge in [-0.2, -0.15) is 0 Å². The standard InChI is InChI=1S/C25H23Cl2NO2/c1-3-30-20-9-5-17(6-10-20)21-15-19(8-4-16(21)2)28-24(29)25(12-13-25)18-7-11-22(26)23(27)14-18/h4-11,14-15H,3,12-13H2,1-2H3,(H,28,29). The lowest BCUT2D eigenvalue weighted by Crippen LogP contribution is -2.27. The maximum atomic E-state index is 13.1. The predicted molar refractivity (Wildman–Crippen MR) is 124 cm³/mol. The van der Waals surface area contributed by atoms with E-state index < -0.39 is 5.41 Å². The van der Waals surface area contributed by atoms with E-state index in [4.69, 9.17) is 27.9 Å². The summed E-state index contributed by atoms with van der Waals surface area (Å²) in [5.41, 5.74) is 4.46. The van der Waals surface area contributed by atoms with Gasteiger partial charge in [-0.3, -0.25) is 4.79 Å². The molecule has 0 aliphatic heterocycles. The molecule has 30 heavy (non-hydrogen) atoms. The number of carbonyl (C=O) groups is 1. The molecule has 0 heterocycles. The summed E-state index contributed by atoms with van der Waals surface area (Å²) in [5.74, 6) is 0.836. The van der Waals surface area contributed by atoms with Crippen molar-refractivity contribution in [3.8, 4) is 16.9 Å². The summed E-state index contributed by atoms with van der Waals surface area (Å²) >= 11 is 12.2. The van der Waals surface area contributed by atoms with Gasteiger partial charge in [0, 0.05) is 5.69 Å². The third-order valence-electron chi connectivity index (χ3n) is 5.63. The van der Waals surface area contributed by atoms with E-state index in [1.807, 2.05) is 55.5 Å². The van der Waals surface area contributed by atoms with Crippen molar-refractivity contribution in [1.29, 1.82) is 0 Å². The number of hydrogen-bond donors (Lipinski definition) is 1. The summed E-state index contributed by atoms with van der Waals surface area (Å²) in [5, 5.41) is 4.08. The molecule has 0 spiro atoms. The number of halogens is 2. The van der Waals surface area contributed by atoms with Crippen LogP contribution < -0.4 is 10.1 Å². The van der Waals surface area contributed by atoms with Crippen LogP contribution in [0.3, 0.4) is 0 Å². The second kappa shape index (κ2) is 8.33. The fraction of sp³-hybridized carbons (Fsp3) is 0.240. The first-order valence-corrected chi connectivity index (χ1v) is 10.8. The van der Waals surface area contributed by atoms with E-state index in [-0.39, 0.29) is 5.91 Å². The average molecular weight is 440 g/mol. The van der Waals surface area contributed by atoms with Crippen molar-refractivity contribution >= 4 is 34.8 Å². The third-order valence-corrected chi connectivity index (χ3v) is 6.37. The predicted octanol–water partition coefficient (Wildman–Crippen LogP) is 7.04. The van der Waals surface area contributed by atoms with Crippen LogP contribution in [-0.2, 0) is 10.2 Å². The Bertz CT molecular complexity index is 1090. The zero-order valence-corrected chi connectivity index (χ0v) is 18.5. The molecule has 0 bridgehead atoms. The van der Waals surface area contributed by atoms with Gasteiger partial charge in [-0.05, 0) is 85.3 Å². The maximum absolute atomic E-state index is 13.1. The largest absolute Gasteiger partial charge is 0.494 e. The lowest BCUT2D eigenvalue weighted by Gasteiger charge is -2.17. The van der Waals surface area contributed by atoms with Crippen LogP contribution in [-0.4, -0.2) is 12.5 Å². The van der Waals surface area contributed by atoms with Crippen molar-refractivity contribution in [2.45, 2.75) is 32.1 Å². The molecule has 1 saturated carbocycles. The van der Waals surface area contributed by atoms with E-state index in [0.29, 0.717) is 16.7 Å². The van der Waals surface area contributed by atoms with E-state index in [2.05, 4.69) is 12.2 Å². The number of aryl methyl sites for hydroxylation is 1. The van der Waals surface area contributed by atoms with Crippen molar-refractivity contribution in [1.82, 2.24) is 0 Å². The molecule has 1 fully saturated rings. The molecule has 5 heteroatoms. The molecule has 0 saturated heterocycles. The third kappa shape index (κ3) is 4.05. The van der Waals surface area contributed by atoms with Crippen LogP contribution in [0, 0.1) is 6.92 Å². The number of ether oxygens (including phenoxy) is 1. The molecule has 1 N–H and O–H groups in total. The van der Waals surface area contributed by atoms with E-state index in [1.54, 1.807) is 12.1 Å². The highest BCUT2D eigenvalue weighted by Crippen LogP contribution is 2.50. The highest BCUT2D eigenvalue weighted by atomic mass is 35.5. The number of benzene rings is 3. The van der Waals surface area contributed by atoms with Gasteiger partial charge in [-0.25, -0.2) is 0 Å². The minimum absolute atomic E-state index is 0.0117. The Balaban J connectivity index is 1.57. The average Bonchev–Trinajstić information content (AvgIpc) is 3.54. The minimum atomic E-state index is -0.529. The lowest BCUT2D eigenvalue weighted by molar-refractivity contribution is -0.118. The first-order valence-electron chi connectivity index (χ1n) is 10.0. The van der Waals surface area contributed by atoms with Crippen molar-refractivity contribution < 1.29 is 9.53 Å². The van der Waals surface area contributed by atoms with Crippen LogP contribution in [0.1, 0.15) is 30.9 Å². The van der Waals surface area contributed by atoms with Crippen molar-refractivity contribution in [3.05, 3.63) is 81.8 Å². The van der Waals surface area contributed by atoms with E-state index >= 15 is 0 Å². The van der Waals surface area contributed by atoms with Gasteiger partial charge in [0.15, 0.2) is 0 Å². The van der Waals surface area contributed by atoms with Gasteiger partial charge < -0.3 is 10.1 Å². The normalized spacial score (nSPS) is 14.3. The van der Waals surface area contributed by atoms with E-state index in [9.17, 15) is 4.79 Å². The summed E-state index contributed by atoms with van der Waals surface area (Å²) in [7, 11) is 0. The zero-order chi connectivity index (χ0) is 21.3. The SMILES string of the molecule is CCOc1ccc(-c2cc(NC(=O)C3(c4ccc(Cl)c(Cl)c4)CC3)ccc2C)cc1. The number of anilines is 1. The zero-order valence-electron chi connectivity index (χ0n) is 17.0. The van der Waals surface area contributed by atoms with Crippen LogP contribution in [0.5, 0.6) is 5.75 Å². The second-order valence-electron chi connectivity index (χ2n) is 7.65. The van der Waals surface area contributed by atoms with Crippen molar-refractivity contribution in [2.75, 3.05) is 11.9 Å². The Hall–Kier alpha value is -2.49. The molecular formula is C25H23Cl2NO2. The molecule has 0 atom stereocenters. The molecule has 154 valence electrons. The topological polar surface area (TPSA) is 38.3 Å². The Morgan fingerprint density at radius 2 is 1.73 bits per heavy atom. The van der Waals surface area contributed by atoms with Crippen LogP contribution >= 0.6 is 23.2 Å². The molecule has 0 unspecified atom stereocenters. The maximum Gasteiger partial charge on any atom is 0.235 e. The number of rotatable bonds is 6. The number of amides is 1. The Labute approximate surface area is 187 Å². The fourth-order valence-corrected chi connectivity index (χ4v) is 4.02. The molecule has 1 aliphatic rings. The number of hydrogen-bond acceptors (Lipinski definition) is 2. The first kappa shape index (κ1) is 20.8. The number of nitrogens with one attached hydrogen (secondary N) is 1. The molecule has 1 aliphatic carbocycles. The monoisotopic (exact) mass is 439 g/mol. The molecule has 4 rings (SSSR count). The van der Waals surface area contributed by atoms with Crippen LogP contribution in [0.25, 0.3) is 11.1 Å². The summed E-state index contributed by atoms with van der Waals surface area (Å²) < 4.78 is 5.53. The molecule has 0 aromatic heterocycles. The van der Waals surface area contributed by atoms with Gasteiger partial charge in [0.05, 0.1) is 22.1 Å². The summed E-state index contributed by atoms with van der Waals surface area (Å²) in [6, 6.07) is 19.4. The van der Waals surface area contributed by atoms with Gasteiger partial charge >= 0.3 is 0 Å². The van der Waals surface area contributed by atoms with Gasteiger partial charge in [0.2, 0.25) is 5.91 Å². The quantitative estimate of drug-likeness (QED) is 0.447. The van der Waals surface area contributed by atoms with Crippen molar-refractivity contribution in [2.24, 2.45) is 0 Å². The van der Waals surface area contributed by atoms with Gasteiger partial charge in [0.1, 0.15) is 5.75 Å². The van der Waals surface area contributed by atoms with Gasteiger partial charge in [0.25, 0.3) is 0 Å². The first-order chi connectivity index (χ1) is 14.4. The highest BCUT2D eigenvalue weighted by molar-refractivity contribution is 6.42. The molecular weight excluding hydrogens is 417 g/mol. The van der Waals surface area contributed by atoms with E-state index in [1.165, 1.54) is 0 Å². The van der Waals surface area contributed by atoms with Crippen LogP contribution in [0.15, 0.2) is 60.7 Å². The Morgan fingerprint density at radius 1 is 1.00 bits per heavy atom. The summed E-state index contributed by atoms with van der Waals surface area (Å²) in [6.45, 7) is 4.67. The molecule has 3 aromatic rings. The lowest BCUT2D eigenvalue weighted by atomic mass is 9.94. The van der Waals surface area contributed by atoms with Crippen LogP contribution in [0.4, 0.5) is 5.69 Å². The summed E-state index contributed by atoms with van der Waals surface area (Å²) in [4.78, 5) is 13.1. The molecule has 3 nitrogen and oxygen atoms in total. The molecule has 0 radical (unpaired) electrons. The van der Waals surface area contributed by atoms with Crippen LogP contribution in [0.2, 0.25) is 10.0 Å². The second-order valence-corrected chi connectivity index (χ2v) is 8.47. The highest BCUT2D eigenvalue weighted by Gasteiger charge is 2.51. The van der Waals surface area contributed by atoms with E-state index in [0.717, 1.165) is 46.5 Å². The Kier molecular flexibility index (Phi) is 5.77.